The van der Waals surface area contributed by atoms with Gasteiger partial charge in [0.25, 0.3) is 5.91 Å². The normalized spacial score (nSPS) is 13.4. The number of nitrogens with two attached hydrogens (primary N) is 1. The van der Waals surface area contributed by atoms with Crippen LogP contribution >= 0.6 is 0 Å². The second-order valence-electron chi connectivity index (χ2n) is 8.36. The molecule has 5 rings (SSSR count). The number of fused-ring (bicyclic) bond motifs is 1. The minimum Gasteiger partial charge on any atom is -0.372 e. The lowest BCUT2D eigenvalue weighted by atomic mass is 10.1. The van der Waals surface area contributed by atoms with Crippen molar-refractivity contribution >= 4 is 34.1 Å². The van der Waals surface area contributed by atoms with Gasteiger partial charge in [-0.05, 0) is 73.0 Å². The van der Waals surface area contributed by atoms with Crippen LogP contribution in [0.4, 0.5) is 11.4 Å². The maximum Gasteiger partial charge on any atom is 0.272 e. The van der Waals surface area contributed by atoms with Crippen molar-refractivity contribution in [2.24, 2.45) is 5.73 Å². The number of carbonyl (C=O) groups is 2. The molecule has 1 aromatic heterocycles. The third-order valence-electron chi connectivity index (χ3n) is 6.16. The molecule has 3 aromatic carbocycles. The van der Waals surface area contributed by atoms with E-state index in [4.69, 9.17) is 5.73 Å². The van der Waals surface area contributed by atoms with E-state index in [1.54, 1.807) is 12.1 Å². The molecule has 0 spiro atoms. The van der Waals surface area contributed by atoms with Crippen LogP contribution in [0.5, 0.6) is 0 Å². The van der Waals surface area contributed by atoms with Crippen LogP contribution in [0.2, 0.25) is 0 Å². The van der Waals surface area contributed by atoms with E-state index in [0.29, 0.717) is 17.8 Å². The number of anilines is 2. The average molecular weight is 438 g/mol. The summed E-state index contributed by atoms with van der Waals surface area (Å²) in [5.74, 6) is -0.632. The quantitative estimate of drug-likeness (QED) is 0.468. The van der Waals surface area contributed by atoms with Gasteiger partial charge in [-0.1, -0.05) is 24.3 Å². The van der Waals surface area contributed by atoms with E-state index in [9.17, 15) is 9.59 Å². The molecule has 0 atom stereocenters. The van der Waals surface area contributed by atoms with Crippen LogP contribution in [0.3, 0.4) is 0 Å². The summed E-state index contributed by atoms with van der Waals surface area (Å²) < 4.78 is 1.97. The first-order valence-corrected chi connectivity index (χ1v) is 11.1. The molecule has 0 saturated carbocycles. The molecule has 33 heavy (non-hydrogen) atoms. The molecule has 3 N–H and O–H groups in total. The summed E-state index contributed by atoms with van der Waals surface area (Å²) >= 11 is 0. The van der Waals surface area contributed by atoms with E-state index in [-0.39, 0.29) is 5.91 Å². The molecule has 1 fully saturated rings. The lowest BCUT2D eigenvalue weighted by Gasteiger charge is -2.18. The Bertz CT molecular complexity index is 1300. The first-order chi connectivity index (χ1) is 16.1. The molecule has 1 radical (unpaired) electrons. The zero-order valence-electron chi connectivity index (χ0n) is 18.3. The maximum absolute atomic E-state index is 13.3. The molecule has 2 heterocycles. The van der Waals surface area contributed by atoms with Gasteiger partial charge in [0.2, 0.25) is 5.91 Å². The molecule has 1 aliphatic heterocycles. The summed E-state index contributed by atoms with van der Waals surface area (Å²) in [4.78, 5) is 27.0. The number of hydrogen-bond donors (Lipinski definition) is 2. The Hall–Kier alpha value is -4.06. The first-order valence-electron chi connectivity index (χ1n) is 11.1. The monoisotopic (exact) mass is 437 g/mol. The number of hydrogen-bond acceptors (Lipinski definition) is 3. The van der Waals surface area contributed by atoms with E-state index in [1.165, 1.54) is 18.5 Å². The molecule has 2 amide bonds. The van der Waals surface area contributed by atoms with Crippen molar-refractivity contribution in [1.29, 1.82) is 0 Å². The molecule has 1 aliphatic rings. The third kappa shape index (κ3) is 4.32. The zero-order chi connectivity index (χ0) is 22.8. The van der Waals surface area contributed by atoms with Gasteiger partial charge < -0.3 is 20.5 Å². The van der Waals surface area contributed by atoms with E-state index in [1.807, 2.05) is 53.1 Å². The van der Waals surface area contributed by atoms with E-state index in [0.717, 1.165) is 35.2 Å². The Morgan fingerprint density at radius 1 is 0.970 bits per heavy atom. The molecule has 165 valence electrons. The topological polar surface area (TPSA) is 80.4 Å². The van der Waals surface area contributed by atoms with Crippen molar-refractivity contribution in [2.75, 3.05) is 23.3 Å². The minimum atomic E-state index is -0.460. The molecule has 0 unspecified atom stereocenters. The molecule has 6 heteroatoms. The fourth-order valence-corrected chi connectivity index (χ4v) is 4.39. The van der Waals surface area contributed by atoms with E-state index in [2.05, 4.69) is 28.4 Å². The van der Waals surface area contributed by atoms with Gasteiger partial charge in [-0.3, -0.25) is 9.59 Å². The molecule has 4 aromatic rings. The number of nitrogens with zero attached hydrogens (tertiary/aromatic N) is 2. The van der Waals surface area contributed by atoms with Gasteiger partial charge >= 0.3 is 0 Å². The number of primary amides is 1. The van der Waals surface area contributed by atoms with Gasteiger partial charge in [-0.25, -0.2) is 0 Å². The highest BCUT2D eigenvalue weighted by Gasteiger charge is 2.17. The lowest BCUT2D eigenvalue weighted by molar-refractivity contribution is 0.0997. The Balaban J connectivity index is 1.41. The third-order valence-corrected chi connectivity index (χ3v) is 6.16. The fraction of sp³-hybridized carbons (Fsp3) is 0.185. The molecule has 1 saturated heterocycles. The van der Waals surface area contributed by atoms with Gasteiger partial charge in [-0.2, -0.15) is 0 Å². The van der Waals surface area contributed by atoms with Crippen molar-refractivity contribution in [3.63, 3.8) is 0 Å². The zero-order valence-corrected chi connectivity index (χ0v) is 18.3. The standard InChI is InChI=1S/C27H25N4O2/c28-26(32)20-9-7-19(8-10-20)18-31-24-6-2-1-5-21(24)17-25(31)27(33)29-22-11-13-23(14-12-22)30-15-3-4-16-30/h1,5-14,17H,3-4,15-16,18H2,(H2,28,32)(H,29,33). The van der Waals surface area contributed by atoms with Crippen LogP contribution < -0.4 is 16.0 Å². The van der Waals surface area contributed by atoms with Crippen molar-refractivity contribution in [1.82, 2.24) is 4.57 Å². The summed E-state index contributed by atoms with van der Waals surface area (Å²) in [5.41, 5.74) is 10.2. The number of aromatic nitrogens is 1. The number of carbonyl (C=O) groups excluding carboxylic acids is 2. The fourth-order valence-electron chi connectivity index (χ4n) is 4.39. The highest BCUT2D eigenvalue weighted by molar-refractivity contribution is 6.06. The number of amides is 2. The average Bonchev–Trinajstić information content (AvgIpc) is 3.49. The second kappa shape index (κ2) is 8.82. The van der Waals surface area contributed by atoms with Crippen molar-refractivity contribution in [3.05, 3.63) is 95.7 Å². The summed E-state index contributed by atoms with van der Waals surface area (Å²) in [7, 11) is 0. The smallest absolute Gasteiger partial charge is 0.272 e. The maximum atomic E-state index is 13.3. The van der Waals surface area contributed by atoms with E-state index < -0.39 is 5.91 Å². The van der Waals surface area contributed by atoms with Crippen LogP contribution in [0.1, 0.15) is 39.3 Å². The van der Waals surface area contributed by atoms with Gasteiger partial charge in [0.15, 0.2) is 0 Å². The summed E-state index contributed by atoms with van der Waals surface area (Å²) in [6, 6.07) is 25.8. The van der Waals surface area contributed by atoms with Crippen molar-refractivity contribution < 1.29 is 9.59 Å². The minimum absolute atomic E-state index is 0.172. The van der Waals surface area contributed by atoms with E-state index >= 15 is 0 Å². The van der Waals surface area contributed by atoms with Crippen LogP contribution in [-0.2, 0) is 6.54 Å². The molecule has 0 aliphatic carbocycles. The molecular formula is C27H25N4O2. The van der Waals surface area contributed by atoms with Gasteiger partial charge in [0.1, 0.15) is 5.69 Å². The van der Waals surface area contributed by atoms with Gasteiger partial charge in [0.05, 0.1) is 0 Å². The Kier molecular flexibility index (Phi) is 5.57. The predicted molar refractivity (Wildman–Crippen MR) is 131 cm³/mol. The number of benzene rings is 3. The Morgan fingerprint density at radius 2 is 1.70 bits per heavy atom. The SMILES string of the molecule is NC(=O)c1ccc(Cn2c(C(=O)Nc3ccc(N4CCCC4)cc3)cc3cc[c]cc32)cc1. The summed E-state index contributed by atoms with van der Waals surface area (Å²) in [6.45, 7) is 2.66. The molecular weight excluding hydrogens is 412 g/mol. The number of nitrogens with one attached hydrogen (secondary N) is 1. The highest BCUT2D eigenvalue weighted by atomic mass is 16.2. The lowest BCUT2D eigenvalue weighted by Crippen LogP contribution is -2.19. The number of rotatable bonds is 6. The largest absolute Gasteiger partial charge is 0.372 e. The molecule has 0 bridgehead atoms. The predicted octanol–water partition coefficient (Wildman–Crippen LogP) is 4.44. The highest BCUT2D eigenvalue weighted by Crippen LogP contribution is 2.25. The Morgan fingerprint density at radius 3 is 2.39 bits per heavy atom. The van der Waals surface area contributed by atoms with Gasteiger partial charge in [0, 0.05) is 47.5 Å². The summed E-state index contributed by atoms with van der Waals surface area (Å²) in [6.07, 6.45) is 2.46. The Labute approximate surface area is 192 Å². The molecule has 6 nitrogen and oxygen atoms in total. The van der Waals surface area contributed by atoms with Crippen LogP contribution in [0.15, 0.2) is 72.8 Å². The summed E-state index contributed by atoms with van der Waals surface area (Å²) in [5, 5.41) is 4.01. The van der Waals surface area contributed by atoms with Crippen LogP contribution in [-0.4, -0.2) is 29.5 Å². The first kappa shape index (κ1) is 20.8. The van der Waals surface area contributed by atoms with Crippen LogP contribution in [0.25, 0.3) is 10.9 Å². The van der Waals surface area contributed by atoms with Gasteiger partial charge in [-0.15, -0.1) is 0 Å². The second-order valence-corrected chi connectivity index (χ2v) is 8.36. The van der Waals surface area contributed by atoms with Crippen molar-refractivity contribution in [3.8, 4) is 0 Å². The van der Waals surface area contributed by atoms with Crippen molar-refractivity contribution in [2.45, 2.75) is 19.4 Å². The van der Waals surface area contributed by atoms with Crippen LogP contribution in [0, 0.1) is 6.07 Å².